The van der Waals surface area contributed by atoms with Crippen LogP contribution < -0.4 is 5.32 Å². The van der Waals surface area contributed by atoms with E-state index in [1.54, 1.807) is 30.3 Å². The summed E-state index contributed by atoms with van der Waals surface area (Å²) in [6.45, 7) is 1.53. The third-order valence-electron chi connectivity index (χ3n) is 3.48. The molecule has 3 aromatic rings. The van der Waals surface area contributed by atoms with Gasteiger partial charge in [0.25, 0.3) is 0 Å². The topological polar surface area (TPSA) is 68.5 Å². The first-order valence-corrected chi connectivity index (χ1v) is 7.80. The number of carbonyl (C=O) groups excluding carboxylic acids is 2. The number of rotatable bonds is 5. The molecule has 1 aromatic heterocycles. The summed E-state index contributed by atoms with van der Waals surface area (Å²) in [5.41, 5.74) is 2.30. The Balaban J connectivity index is 1.54. The van der Waals surface area contributed by atoms with E-state index in [4.69, 9.17) is 9.15 Å². The Morgan fingerprint density at radius 2 is 1.88 bits per heavy atom. The second-order valence-corrected chi connectivity index (χ2v) is 5.49. The lowest BCUT2D eigenvalue weighted by Gasteiger charge is -2.02. The molecule has 0 aliphatic heterocycles. The van der Waals surface area contributed by atoms with Gasteiger partial charge >= 0.3 is 5.97 Å². The average Bonchev–Trinajstić information content (AvgIpc) is 3.02. The van der Waals surface area contributed by atoms with Crippen molar-refractivity contribution in [1.82, 2.24) is 0 Å². The molecule has 5 heteroatoms. The van der Waals surface area contributed by atoms with Crippen molar-refractivity contribution in [2.24, 2.45) is 0 Å². The first-order chi connectivity index (χ1) is 12.1. The predicted octanol–water partition coefficient (Wildman–Crippen LogP) is 4.15. The van der Waals surface area contributed by atoms with Crippen LogP contribution in [0.5, 0.6) is 0 Å². The first-order valence-electron chi connectivity index (χ1n) is 7.80. The van der Waals surface area contributed by atoms with Crippen LogP contribution in [0.2, 0.25) is 0 Å². The van der Waals surface area contributed by atoms with Gasteiger partial charge in [-0.3, -0.25) is 4.79 Å². The molecule has 5 nitrogen and oxygen atoms in total. The summed E-state index contributed by atoms with van der Waals surface area (Å²) in [7, 11) is 0. The SMILES string of the molecule is CC(=O)Nc1ccc(/C=C/C(=O)OCc2cc3ccccc3o2)cc1. The highest BCUT2D eigenvalue weighted by atomic mass is 16.5. The van der Waals surface area contributed by atoms with Crippen molar-refractivity contribution in [3.05, 3.63) is 72.0 Å². The van der Waals surface area contributed by atoms with Gasteiger partial charge < -0.3 is 14.5 Å². The monoisotopic (exact) mass is 335 g/mol. The summed E-state index contributed by atoms with van der Waals surface area (Å²) >= 11 is 0. The molecule has 0 aliphatic rings. The van der Waals surface area contributed by atoms with E-state index in [9.17, 15) is 9.59 Å². The number of ether oxygens (including phenoxy) is 1. The van der Waals surface area contributed by atoms with Crippen LogP contribution in [0.3, 0.4) is 0 Å². The van der Waals surface area contributed by atoms with E-state index in [0.717, 1.165) is 16.5 Å². The molecule has 0 atom stereocenters. The van der Waals surface area contributed by atoms with Crippen molar-refractivity contribution in [2.45, 2.75) is 13.5 Å². The van der Waals surface area contributed by atoms with Gasteiger partial charge in [0.1, 0.15) is 18.0 Å². The molecule has 1 amide bonds. The van der Waals surface area contributed by atoms with E-state index < -0.39 is 5.97 Å². The Bertz CT molecular complexity index is 889. The van der Waals surface area contributed by atoms with Crippen LogP contribution in [0.1, 0.15) is 18.2 Å². The van der Waals surface area contributed by atoms with Gasteiger partial charge in [-0.15, -0.1) is 0 Å². The molecule has 0 unspecified atom stereocenters. The maximum absolute atomic E-state index is 11.8. The van der Waals surface area contributed by atoms with Gasteiger partial charge in [-0.1, -0.05) is 30.3 Å². The minimum absolute atomic E-state index is 0.0827. The fraction of sp³-hybridized carbons (Fsp3) is 0.100. The van der Waals surface area contributed by atoms with Crippen molar-refractivity contribution in [3.8, 4) is 0 Å². The van der Waals surface area contributed by atoms with E-state index in [-0.39, 0.29) is 12.5 Å². The largest absolute Gasteiger partial charge is 0.457 e. The summed E-state index contributed by atoms with van der Waals surface area (Å²) in [4.78, 5) is 22.8. The Kier molecular flexibility index (Phi) is 4.95. The number of furan rings is 1. The second-order valence-electron chi connectivity index (χ2n) is 5.49. The fourth-order valence-electron chi connectivity index (χ4n) is 2.34. The third kappa shape index (κ3) is 4.57. The number of nitrogens with one attached hydrogen (secondary N) is 1. The number of para-hydroxylation sites is 1. The van der Waals surface area contributed by atoms with Crippen molar-refractivity contribution in [3.63, 3.8) is 0 Å². The molecular weight excluding hydrogens is 318 g/mol. The smallest absolute Gasteiger partial charge is 0.331 e. The van der Waals surface area contributed by atoms with Crippen LogP contribution in [0.25, 0.3) is 17.0 Å². The van der Waals surface area contributed by atoms with Crippen LogP contribution >= 0.6 is 0 Å². The molecule has 0 aliphatic carbocycles. The normalized spacial score (nSPS) is 10.9. The highest BCUT2D eigenvalue weighted by Gasteiger charge is 2.05. The molecule has 1 heterocycles. The van der Waals surface area contributed by atoms with Gasteiger partial charge in [0.2, 0.25) is 5.91 Å². The predicted molar refractivity (Wildman–Crippen MR) is 95.8 cm³/mol. The number of esters is 1. The summed E-state index contributed by atoms with van der Waals surface area (Å²) in [5, 5.41) is 3.66. The number of anilines is 1. The number of fused-ring (bicyclic) bond motifs is 1. The van der Waals surface area contributed by atoms with Crippen molar-refractivity contribution < 1.29 is 18.7 Å². The molecule has 0 radical (unpaired) electrons. The molecule has 0 bridgehead atoms. The molecule has 0 saturated carbocycles. The Morgan fingerprint density at radius 3 is 2.60 bits per heavy atom. The van der Waals surface area contributed by atoms with Gasteiger partial charge in [-0.25, -0.2) is 4.79 Å². The van der Waals surface area contributed by atoms with Crippen LogP contribution in [-0.4, -0.2) is 11.9 Å². The molecular formula is C20H17NO4. The number of hydrogen-bond acceptors (Lipinski definition) is 4. The summed E-state index contributed by atoms with van der Waals surface area (Å²) in [6.07, 6.45) is 3.01. The first kappa shape index (κ1) is 16.5. The minimum atomic E-state index is -0.452. The van der Waals surface area contributed by atoms with E-state index in [1.807, 2.05) is 30.3 Å². The minimum Gasteiger partial charge on any atom is -0.457 e. The van der Waals surface area contributed by atoms with Gasteiger partial charge in [0.15, 0.2) is 0 Å². The number of hydrogen-bond donors (Lipinski definition) is 1. The highest BCUT2D eigenvalue weighted by molar-refractivity contribution is 5.89. The maximum Gasteiger partial charge on any atom is 0.331 e. The van der Waals surface area contributed by atoms with Crippen LogP contribution in [0.15, 0.2) is 65.1 Å². The van der Waals surface area contributed by atoms with E-state index >= 15 is 0 Å². The molecule has 0 fully saturated rings. The van der Waals surface area contributed by atoms with Gasteiger partial charge in [-0.05, 0) is 35.9 Å². The molecule has 3 rings (SSSR count). The molecule has 126 valence electrons. The van der Waals surface area contributed by atoms with Crippen LogP contribution in [-0.2, 0) is 20.9 Å². The van der Waals surface area contributed by atoms with Crippen LogP contribution in [0.4, 0.5) is 5.69 Å². The Morgan fingerprint density at radius 1 is 1.12 bits per heavy atom. The van der Waals surface area contributed by atoms with Crippen molar-refractivity contribution in [2.75, 3.05) is 5.32 Å². The fourth-order valence-corrected chi connectivity index (χ4v) is 2.34. The zero-order chi connectivity index (χ0) is 17.6. The zero-order valence-electron chi connectivity index (χ0n) is 13.7. The lowest BCUT2D eigenvalue weighted by molar-refractivity contribution is -0.139. The molecule has 25 heavy (non-hydrogen) atoms. The van der Waals surface area contributed by atoms with E-state index in [0.29, 0.717) is 11.4 Å². The number of amides is 1. The van der Waals surface area contributed by atoms with E-state index in [2.05, 4.69) is 5.32 Å². The van der Waals surface area contributed by atoms with E-state index in [1.165, 1.54) is 13.0 Å². The average molecular weight is 335 g/mol. The van der Waals surface area contributed by atoms with Gasteiger partial charge in [0.05, 0.1) is 0 Å². The zero-order valence-corrected chi connectivity index (χ0v) is 13.7. The maximum atomic E-state index is 11.8. The summed E-state index contributed by atoms with van der Waals surface area (Å²) < 4.78 is 10.8. The molecule has 0 spiro atoms. The number of benzene rings is 2. The Hall–Kier alpha value is -3.34. The van der Waals surface area contributed by atoms with Crippen LogP contribution in [0, 0.1) is 0 Å². The number of carbonyl (C=O) groups is 2. The van der Waals surface area contributed by atoms with Crippen molar-refractivity contribution >= 4 is 34.6 Å². The standard InChI is InChI=1S/C20H17NO4/c1-14(22)21-17-9-6-15(7-10-17)8-11-20(23)24-13-18-12-16-4-2-3-5-19(16)25-18/h2-12H,13H2,1H3,(H,21,22)/b11-8+. The van der Waals surface area contributed by atoms with Crippen molar-refractivity contribution in [1.29, 1.82) is 0 Å². The lowest BCUT2D eigenvalue weighted by Crippen LogP contribution is -2.05. The quantitative estimate of drug-likeness (QED) is 0.562. The second kappa shape index (κ2) is 7.49. The highest BCUT2D eigenvalue weighted by Crippen LogP contribution is 2.19. The lowest BCUT2D eigenvalue weighted by atomic mass is 10.2. The molecule has 2 aromatic carbocycles. The summed E-state index contributed by atoms with van der Waals surface area (Å²) in [5.74, 6) is 0.0199. The molecule has 1 N–H and O–H groups in total. The molecule has 0 saturated heterocycles. The van der Waals surface area contributed by atoms with Gasteiger partial charge in [-0.2, -0.15) is 0 Å². The third-order valence-corrected chi connectivity index (χ3v) is 3.48. The Labute approximate surface area is 144 Å². The van der Waals surface area contributed by atoms with Gasteiger partial charge in [0, 0.05) is 24.1 Å². The summed E-state index contributed by atoms with van der Waals surface area (Å²) in [6, 6.07) is 16.6.